The van der Waals surface area contributed by atoms with Crippen LogP contribution in [0, 0.1) is 23.0 Å². The summed E-state index contributed by atoms with van der Waals surface area (Å²) in [7, 11) is 1.90. The van der Waals surface area contributed by atoms with E-state index in [1.54, 1.807) is 17.0 Å². The fourth-order valence-corrected chi connectivity index (χ4v) is 2.86. The smallest absolute Gasteiger partial charge is 0.282 e. The average molecular weight is 291 g/mol. The number of rotatable bonds is 4. The zero-order valence-corrected chi connectivity index (χ0v) is 12.5. The van der Waals surface area contributed by atoms with Gasteiger partial charge in [0, 0.05) is 19.2 Å². The quantitative estimate of drug-likeness (QED) is 0.680. The van der Waals surface area contributed by atoms with Crippen molar-refractivity contribution >= 4 is 11.6 Å². The maximum atomic E-state index is 12.6. The van der Waals surface area contributed by atoms with Gasteiger partial charge in [0.25, 0.3) is 11.6 Å². The molecule has 1 aliphatic rings. The Kier molecular flexibility index (Phi) is 4.90. The molecule has 0 saturated carbocycles. The van der Waals surface area contributed by atoms with Crippen molar-refractivity contribution in [2.24, 2.45) is 5.92 Å². The predicted molar refractivity (Wildman–Crippen MR) is 80.4 cm³/mol. The van der Waals surface area contributed by atoms with E-state index in [0.29, 0.717) is 19.0 Å². The Morgan fingerprint density at radius 1 is 1.52 bits per heavy atom. The zero-order chi connectivity index (χ0) is 15.4. The molecular formula is C15H21N3O3. The highest BCUT2D eigenvalue weighted by molar-refractivity contribution is 5.98. The molecule has 0 bridgehead atoms. The van der Waals surface area contributed by atoms with Gasteiger partial charge in [0.1, 0.15) is 5.56 Å². The third-order valence-corrected chi connectivity index (χ3v) is 3.88. The second-order valence-corrected chi connectivity index (χ2v) is 5.59. The van der Waals surface area contributed by atoms with E-state index in [1.807, 2.05) is 14.0 Å². The Bertz CT molecular complexity index is 543. The Morgan fingerprint density at radius 2 is 2.29 bits per heavy atom. The molecule has 1 aliphatic heterocycles. The van der Waals surface area contributed by atoms with Crippen molar-refractivity contribution in [1.82, 2.24) is 10.2 Å². The molecule has 0 spiro atoms. The monoisotopic (exact) mass is 291 g/mol. The molecule has 1 atom stereocenters. The second kappa shape index (κ2) is 6.67. The van der Waals surface area contributed by atoms with E-state index >= 15 is 0 Å². The summed E-state index contributed by atoms with van der Waals surface area (Å²) in [5, 5.41) is 14.2. The molecule has 1 amide bonds. The molecule has 2 rings (SSSR count). The normalized spacial score (nSPS) is 18.6. The minimum absolute atomic E-state index is 0.110. The number of benzene rings is 1. The first kappa shape index (κ1) is 15.4. The minimum Gasteiger partial charge on any atom is -0.338 e. The molecule has 6 nitrogen and oxygen atoms in total. The van der Waals surface area contributed by atoms with Gasteiger partial charge in [-0.2, -0.15) is 0 Å². The van der Waals surface area contributed by atoms with Gasteiger partial charge >= 0.3 is 0 Å². The van der Waals surface area contributed by atoms with Gasteiger partial charge in [0.15, 0.2) is 0 Å². The highest BCUT2D eigenvalue weighted by Crippen LogP contribution is 2.24. The molecule has 1 unspecified atom stereocenters. The van der Waals surface area contributed by atoms with Crippen LogP contribution in [0.25, 0.3) is 0 Å². The lowest BCUT2D eigenvalue weighted by atomic mass is 9.97. The van der Waals surface area contributed by atoms with Crippen LogP contribution in [0.5, 0.6) is 0 Å². The predicted octanol–water partition coefficient (Wildman–Crippen LogP) is 1.97. The van der Waals surface area contributed by atoms with Crippen LogP contribution in [0.2, 0.25) is 0 Å². The molecule has 0 aromatic heterocycles. The van der Waals surface area contributed by atoms with Gasteiger partial charge in [-0.15, -0.1) is 0 Å². The number of hydrogen-bond donors (Lipinski definition) is 1. The van der Waals surface area contributed by atoms with Crippen LogP contribution in [0.15, 0.2) is 18.2 Å². The number of nitro benzene ring substituents is 1. The number of carbonyl (C=O) groups excluding carboxylic acids is 1. The maximum absolute atomic E-state index is 12.6. The Hall–Kier alpha value is -1.95. The summed E-state index contributed by atoms with van der Waals surface area (Å²) in [6, 6.07) is 4.69. The molecule has 1 N–H and O–H groups in total. The summed E-state index contributed by atoms with van der Waals surface area (Å²) in [5.41, 5.74) is 0.944. The van der Waals surface area contributed by atoms with Crippen molar-refractivity contribution in [2.75, 3.05) is 26.7 Å². The molecule has 1 saturated heterocycles. The van der Waals surface area contributed by atoms with Gasteiger partial charge in [-0.1, -0.05) is 6.07 Å². The standard InChI is InChI=1S/C15H21N3O3/c1-11-5-6-14(18(20)21)13(8-11)15(19)17-7-3-4-12(10-17)9-16-2/h5-6,8,12,16H,3-4,7,9-10H2,1-2H3. The van der Waals surface area contributed by atoms with E-state index in [9.17, 15) is 14.9 Å². The van der Waals surface area contributed by atoms with Crippen molar-refractivity contribution in [3.63, 3.8) is 0 Å². The lowest BCUT2D eigenvalue weighted by Gasteiger charge is -2.32. The first-order chi connectivity index (χ1) is 10.0. The lowest BCUT2D eigenvalue weighted by molar-refractivity contribution is -0.385. The fraction of sp³-hybridized carbons (Fsp3) is 0.533. The van der Waals surface area contributed by atoms with Crippen molar-refractivity contribution in [1.29, 1.82) is 0 Å². The summed E-state index contributed by atoms with van der Waals surface area (Å²) in [6.45, 7) is 4.02. The molecule has 1 fully saturated rings. The molecule has 1 aromatic rings. The van der Waals surface area contributed by atoms with E-state index < -0.39 is 4.92 Å². The van der Waals surface area contributed by atoms with E-state index in [0.717, 1.165) is 24.9 Å². The number of amides is 1. The van der Waals surface area contributed by atoms with Crippen LogP contribution < -0.4 is 5.32 Å². The molecule has 21 heavy (non-hydrogen) atoms. The topological polar surface area (TPSA) is 75.5 Å². The average Bonchev–Trinajstić information content (AvgIpc) is 2.46. The number of nitrogens with zero attached hydrogens (tertiary/aromatic N) is 2. The number of hydrogen-bond acceptors (Lipinski definition) is 4. The number of nitro groups is 1. The third kappa shape index (κ3) is 3.58. The zero-order valence-electron chi connectivity index (χ0n) is 12.5. The highest BCUT2D eigenvalue weighted by atomic mass is 16.6. The maximum Gasteiger partial charge on any atom is 0.282 e. The highest BCUT2D eigenvalue weighted by Gasteiger charge is 2.28. The number of aryl methyl sites for hydroxylation is 1. The Labute approximate surface area is 124 Å². The van der Waals surface area contributed by atoms with Crippen LogP contribution >= 0.6 is 0 Å². The molecule has 114 valence electrons. The summed E-state index contributed by atoms with van der Waals surface area (Å²) in [4.78, 5) is 25.0. The van der Waals surface area contributed by atoms with Gasteiger partial charge in [0.2, 0.25) is 0 Å². The Morgan fingerprint density at radius 3 is 2.95 bits per heavy atom. The van der Waals surface area contributed by atoms with Gasteiger partial charge in [-0.25, -0.2) is 0 Å². The summed E-state index contributed by atoms with van der Waals surface area (Å²) in [5.74, 6) is 0.183. The molecular weight excluding hydrogens is 270 g/mol. The SMILES string of the molecule is CNCC1CCCN(C(=O)c2cc(C)ccc2[N+](=O)[O-])C1. The second-order valence-electron chi connectivity index (χ2n) is 5.59. The summed E-state index contributed by atoms with van der Waals surface area (Å²) < 4.78 is 0. The first-order valence-electron chi connectivity index (χ1n) is 7.22. The van der Waals surface area contributed by atoms with Crippen molar-refractivity contribution in [2.45, 2.75) is 19.8 Å². The largest absolute Gasteiger partial charge is 0.338 e. The van der Waals surface area contributed by atoms with Crippen molar-refractivity contribution < 1.29 is 9.72 Å². The number of likely N-dealkylation sites (tertiary alicyclic amines) is 1. The number of piperidine rings is 1. The number of carbonyl (C=O) groups is 1. The van der Waals surface area contributed by atoms with Crippen LogP contribution in [0.1, 0.15) is 28.8 Å². The van der Waals surface area contributed by atoms with Crippen LogP contribution in [-0.4, -0.2) is 42.4 Å². The van der Waals surface area contributed by atoms with Gasteiger partial charge < -0.3 is 10.2 Å². The van der Waals surface area contributed by atoms with Gasteiger partial charge in [-0.05, 0) is 50.9 Å². The minimum atomic E-state index is -0.484. The van der Waals surface area contributed by atoms with E-state index in [2.05, 4.69) is 5.32 Å². The lowest BCUT2D eigenvalue weighted by Crippen LogP contribution is -2.42. The molecule has 1 aromatic carbocycles. The first-order valence-corrected chi connectivity index (χ1v) is 7.22. The van der Waals surface area contributed by atoms with Crippen molar-refractivity contribution in [3.8, 4) is 0 Å². The van der Waals surface area contributed by atoms with Gasteiger partial charge in [-0.3, -0.25) is 14.9 Å². The third-order valence-electron chi connectivity index (χ3n) is 3.88. The van der Waals surface area contributed by atoms with Crippen LogP contribution in [0.4, 0.5) is 5.69 Å². The fourth-order valence-electron chi connectivity index (χ4n) is 2.86. The van der Waals surface area contributed by atoms with E-state index in [-0.39, 0.29) is 17.2 Å². The summed E-state index contributed by atoms with van der Waals surface area (Å²) in [6.07, 6.45) is 2.03. The number of nitrogens with one attached hydrogen (secondary N) is 1. The van der Waals surface area contributed by atoms with E-state index in [4.69, 9.17) is 0 Å². The Balaban J connectivity index is 2.23. The summed E-state index contributed by atoms with van der Waals surface area (Å²) >= 11 is 0. The van der Waals surface area contributed by atoms with E-state index in [1.165, 1.54) is 6.07 Å². The molecule has 0 radical (unpaired) electrons. The van der Waals surface area contributed by atoms with Crippen LogP contribution in [0.3, 0.4) is 0 Å². The van der Waals surface area contributed by atoms with Gasteiger partial charge in [0.05, 0.1) is 4.92 Å². The van der Waals surface area contributed by atoms with Crippen LogP contribution in [-0.2, 0) is 0 Å². The molecule has 0 aliphatic carbocycles. The van der Waals surface area contributed by atoms with Crippen molar-refractivity contribution in [3.05, 3.63) is 39.4 Å². The molecule has 1 heterocycles. The molecule has 6 heteroatoms.